The van der Waals surface area contributed by atoms with Crippen LogP contribution in [-0.2, 0) is 9.47 Å². The van der Waals surface area contributed by atoms with Crippen LogP contribution in [0.15, 0.2) is 23.8 Å². The molecule has 1 rings (SSSR count). The molecule has 15 heavy (non-hydrogen) atoms. The molecule has 0 N–H and O–H groups in total. The van der Waals surface area contributed by atoms with Crippen LogP contribution in [0.5, 0.6) is 0 Å². The van der Waals surface area contributed by atoms with Crippen molar-refractivity contribution in [3.05, 3.63) is 23.8 Å². The molecule has 0 amide bonds. The summed E-state index contributed by atoms with van der Waals surface area (Å²) in [7, 11) is 1.66. The second-order valence-electron chi connectivity index (χ2n) is 3.94. The van der Waals surface area contributed by atoms with Crippen LogP contribution in [-0.4, -0.2) is 20.5 Å². The van der Waals surface area contributed by atoms with Gasteiger partial charge in [0.25, 0.3) is 0 Å². The third-order valence-corrected chi connectivity index (χ3v) is 2.59. The molecule has 0 heterocycles. The molecule has 0 atom stereocenters. The molecular formula is C13H22O2. The second-order valence-corrected chi connectivity index (χ2v) is 3.94. The van der Waals surface area contributed by atoms with Gasteiger partial charge < -0.3 is 9.47 Å². The van der Waals surface area contributed by atoms with Crippen LogP contribution in [0.1, 0.15) is 38.5 Å². The zero-order valence-electron chi connectivity index (χ0n) is 9.71. The summed E-state index contributed by atoms with van der Waals surface area (Å²) < 4.78 is 10.0. The summed E-state index contributed by atoms with van der Waals surface area (Å²) in [5.41, 5.74) is 1.59. The highest BCUT2D eigenvalue weighted by molar-refractivity contribution is 5.22. The number of unbranched alkanes of at least 4 members (excludes halogenated alkanes) is 3. The van der Waals surface area contributed by atoms with E-state index in [1.807, 2.05) is 0 Å². The Kier molecular flexibility index (Phi) is 7.22. The topological polar surface area (TPSA) is 18.5 Å². The Morgan fingerprint density at radius 3 is 2.80 bits per heavy atom. The maximum absolute atomic E-state index is 5.22. The largest absolute Gasteiger partial charge is 0.359 e. The molecule has 0 aromatic carbocycles. The summed E-state index contributed by atoms with van der Waals surface area (Å²) in [5.74, 6) is 0. The van der Waals surface area contributed by atoms with Gasteiger partial charge in [-0.15, -0.1) is 0 Å². The molecule has 0 unspecified atom stereocenters. The number of hydrogen-bond donors (Lipinski definition) is 0. The quantitative estimate of drug-likeness (QED) is 0.428. The predicted octanol–water partition coefficient (Wildman–Crippen LogP) is 3.44. The summed E-state index contributed by atoms with van der Waals surface area (Å²) in [5, 5.41) is 0. The van der Waals surface area contributed by atoms with E-state index >= 15 is 0 Å². The van der Waals surface area contributed by atoms with Crippen molar-refractivity contribution in [2.75, 3.05) is 20.5 Å². The fourth-order valence-electron chi connectivity index (χ4n) is 1.73. The van der Waals surface area contributed by atoms with E-state index in [0.29, 0.717) is 6.79 Å². The van der Waals surface area contributed by atoms with E-state index in [1.54, 1.807) is 12.7 Å². The van der Waals surface area contributed by atoms with Crippen LogP contribution in [0.25, 0.3) is 0 Å². The normalized spacial score (nSPS) is 14.6. The van der Waals surface area contributed by atoms with E-state index < -0.39 is 0 Å². The smallest absolute Gasteiger partial charge is 0.146 e. The zero-order chi connectivity index (χ0) is 10.8. The average Bonchev–Trinajstić information content (AvgIpc) is 2.75. The average molecular weight is 210 g/mol. The highest BCUT2D eigenvalue weighted by Gasteiger charge is 1.98. The highest BCUT2D eigenvalue weighted by Crippen LogP contribution is 2.17. The number of hydrogen-bond acceptors (Lipinski definition) is 2. The first-order valence-electron chi connectivity index (χ1n) is 5.84. The summed E-state index contributed by atoms with van der Waals surface area (Å²) >= 11 is 0. The molecule has 2 heteroatoms. The van der Waals surface area contributed by atoms with E-state index in [1.165, 1.54) is 32.1 Å². The highest BCUT2D eigenvalue weighted by atomic mass is 16.7. The minimum absolute atomic E-state index is 0.429. The molecule has 86 valence electrons. The Morgan fingerprint density at radius 1 is 1.20 bits per heavy atom. The zero-order valence-corrected chi connectivity index (χ0v) is 9.71. The SMILES string of the molecule is COCOCCCCCCC1=CC=CC1. The van der Waals surface area contributed by atoms with Gasteiger partial charge in [-0.3, -0.25) is 0 Å². The first-order chi connectivity index (χ1) is 7.43. The molecule has 0 spiro atoms. The fourth-order valence-corrected chi connectivity index (χ4v) is 1.73. The molecule has 0 aromatic heterocycles. The van der Waals surface area contributed by atoms with Crippen LogP contribution in [0, 0.1) is 0 Å². The third-order valence-electron chi connectivity index (χ3n) is 2.59. The lowest BCUT2D eigenvalue weighted by Gasteiger charge is -2.03. The van der Waals surface area contributed by atoms with E-state index in [4.69, 9.17) is 9.47 Å². The number of ether oxygens (including phenoxy) is 2. The van der Waals surface area contributed by atoms with Gasteiger partial charge in [0.05, 0.1) is 0 Å². The van der Waals surface area contributed by atoms with Crippen molar-refractivity contribution in [3.8, 4) is 0 Å². The lowest BCUT2D eigenvalue weighted by atomic mass is 10.1. The van der Waals surface area contributed by atoms with Gasteiger partial charge in [0, 0.05) is 13.7 Å². The summed E-state index contributed by atoms with van der Waals surface area (Å²) in [6.45, 7) is 1.26. The van der Waals surface area contributed by atoms with Gasteiger partial charge in [-0.2, -0.15) is 0 Å². The minimum atomic E-state index is 0.429. The van der Waals surface area contributed by atoms with Crippen molar-refractivity contribution in [1.29, 1.82) is 0 Å². The van der Waals surface area contributed by atoms with Crippen molar-refractivity contribution in [2.24, 2.45) is 0 Å². The Bertz CT molecular complexity index is 207. The van der Waals surface area contributed by atoms with Crippen LogP contribution in [0.4, 0.5) is 0 Å². The van der Waals surface area contributed by atoms with Crippen molar-refractivity contribution in [3.63, 3.8) is 0 Å². The minimum Gasteiger partial charge on any atom is -0.359 e. The van der Waals surface area contributed by atoms with Gasteiger partial charge in [0.1, 0.15) is 6.79 Å². The van der Waals surface area contributed by atoms with Gasteiger partial charge in [-0.05, 0) is 25.7 Å². The summed E-state index contributed by atoms with van der Waals surface area (Å²) in [6, 6.07) is 0. The van der Waals surface area contributed by atoms with Crippen LogP contribution < -0.4 is 0 Å². The van der Waals surface area contributed by atoms with Crippen LogP contribution >= 0.6 is 0 Å². The Hall–Kier alpha value is -0.600. The Morgan fingerprint density at radius 2 is 2.07 bits per heavy atom. The van der Waals surface area contributed by atoms with Gasteiger partial charge in [-0.25, -0.2) is 0 Å². The van der Waals surface area contributed by atoms with Crippen molar-refractivity contribution in [2.45, 2.75) is 38.5 Å². The summed E-state index contributed by atoms with van der Waals surface area (Å²) in [4.78, 5) is 0. The monoisotopic (exact) mass is 210 g/mol. The molecule has 0 saturated heterocycles. The van der Waals surface area contributed by atoms with E-state index in [0.717, 1.165) is 13.0 Å². The van der Waals surface area contributed by atoms with Gasteiger partial charge in [-0.1, -0.05) is 36.6 Å². The Balaban J connectivity index is 1.77. The molecule has 0 aromatic rings. The summed E-state index contributed by atoms with van der Waals surface area (Å²) in [6.07, 6.45) is 14.1. The third kappa shape index (κ3) is 6.47. The van der Waals surface area contributed by atoms with Crippen LogP contribution in [0.2, 0.25) is 0 Å². The molecule has 0 fully saturated rings. The number of allylic oxidation sites excluding steroid dienone is 4. The van der Waals surface area contributed by atoms with Gasteiger partial charge in [0.2, 0.25) is 0 Å². The van der Waals surface area contributed by atoms with Crippen molar-refractivity contribution < 1.29 is 9.47 Å². The first-order valence-corrected chi connectivity index (χ1v) is 5.84. The first kappa shape index (κ1) is 12.5. The predicted molar refractivity (Wildman–Crippen MR) is 62.8 cm³/mol. The van der Waals surface area contributed by atoms with E-state index in [2.05, 4.69) is 18.2 Å². The van der Waals surface area contributed by atoms with Crippen LogP contribution in [0.3, 0.4) is 0 Å². The molecule has 1 aliphatic carbocycles. The molecule has 0 aliphatic heterocycles. The second kappa shape index (κ2) is 8.69. The molecular weight excluding hydrogens is 188 g/mol. The van der Waals surface area contributed by atoms with E-state index in [9.17, 15) is 0 Å². The number of methoxy groups -OCH3 is 1. The number of rotatable bonds is 9. The molecule has 1 aliphatic rings. The van der Waals surface area contributed by atoms with Gasteiger partial charge in [0.15, 0.2) is 0 Å². The lowest BCUT2D eigenvalue weighted by Crippen LogP contribution is -1.98. The fraction of sp³-hybridized carbons (Fsp3) is 0.692. The molecule has 0 radical (unpaired) electrons. The maximum atomic E-state index is 5.22. The van der Waals surface area contributed by atoms with Gasteiger partial charge >= 0.3 is 0 Å². The molecule has 0 saturated carbocycles. The van der Waals surface area contributed by atoms with Crippen molar-refractivity contribution >= 4 is 0 Å². The lowest BCUT2D eigenvalue weighted by molar-refractivity contribution is -0.0315. The standard InChI is InChI=1S/C13H22O2/c1-14-12-15-11-7-3-2-4-8-13-9-5-6-10-13/h5-6,9H,2-4,7-8,10-12H2,1H3. The molecule has 0 bridgehead atoms. The van der Waals surface area contributed by atoms with E-state index in [-0.39, 0.29) is 0 Å². The molecule has 2 nitrogen and oxygen atoms in total. The van der Waals surface area contributed by atoms with Crippen molar-refractivity contribution in [1.82, 2.24) is 0 Å². The maximum Gasteiger partial charge on any atom is 0.146 e. The Labute approximate surface area is 93.0 Å².